The first-order valence-electron chi connectivity index (χ1n) is 8.22. The van der Waals surface area contributed by atoms with E-state index in [2.05, 4.69) is 15.6 Å². The second kappa shape index (κ2) is 8.82. The number of benzene rings is 1. The monoisotopic (exact) mass is 341 g/mol. The Morgan fingerprint density at radius 1 is 1.16 bits per heavy atom. The fourth-order valence-corrected chi connectivity index (χ4v) is 2.31. The maximum absolute atomic E-state index is 12.6. The average Bonchev–Trinajstić information content (AvgIpc) is 2.66. The van der Waals surface area contributed by atoms with Crippen molar-refractivity contribution in [1.29, 1.82) is 0 Å². The molecule has 0 aliphatic rings. The number of anilines is 1. The number of hydrogen-bond acceptors (Lipinski definition) is 4. The molecule has 6 heteroatoms. The number of amides is 2. The highest BCUT2D eigenvalue weighted by atomic mass is 16.5. The lowest BCUT2D eigenvalue weighted by atomic mass is 9.97. The summed E-state index contributed by atoms with van der Waals surface area (Å²) in [7, 11) is 1.53. The fourth-order valence-electron chi connectivity index (χ4n) is 2.31. The quantitative estimate of drug-likeness (QED) is 0.811. The summed E-state index contributed by atoms with van der Waals surface area (Å²) in [4.78, 5) is 29.1. The zero-order valence-corrected chi connectivity index (χ0v) is 14.7. The minimum Gasteiger partial charge on any atom is -0.481 e. The van der Waals surface area contributed by atoms with Gasteiger partial charge in [0.1, 0.15) is 6.04 Å². The van der Waals surface area contributed by atoms with Crippen molar-refractivity contribution >= 4 is 17.5 Å². The second-order valence-corrected chi connectivity index (χ2v) is 5.78. The van der Waals surface area contributed by atoms with Gasteiger partial charge in [-0.2, -0.15) is 0 Å². The van der Waals surface area contributed by atoms with Crippen LogP contribution < -0.4 is 15.4 Å². The summed E-state index contributed by atoms with van der Waals surface area (Å²) in [5.74, 6) is -0.0905. The Bertz CT molecular complexity index is 702. The molecule has 1 aromatic carbocycles. The lowest BCUT2D eigenvalue weighted by Gasteiger charge is -2.23. The molecule has 6 nitrogen and oxygen atoms in total. The molecule has 0 spiro atoms. The average molecular weight is 341 g/mol. The van der Waals surface area contributed by atoms with Gasteiger partial charge < -0.3 is 15.4 Å². The van der Waals surface area contributed by atoms with E-state index in [4.69, 9.17) is 4.74 Å². The van der Waals surface area contributed by atoms with Gasteiger partial charge in [-0.15, -0.1) is 0 Å². The van der Waals surface area contributed by atoms with E-state index < -0.39 is 6.04 Å². The third kappa shape index (κ3) is 5.04. The largest absolute Gasteiger partial charge is 0.481 e. The molecule has 0 saturated heterocycles. The van der Waals surface area contributed by atoms with Gasteiger partial charge in [0.05, 0.1) is 19.0 Å². The van der Waals surface area contributed by atoms with Crippen LogP contribution in [0, 0.1) is 5.92 Å². The van der Waals surface area contributed by atoms with E-state index in [1.807, 2.05) is 19.9 Å². The lowest BCUT2D eigenvalue weighted by Crippen LogP contribution is -2.47. The van der Waals surface area contributed by atoms with Crippen LogP contribution in [0.1, 0.15) is 30.6 Å². The van der Waals surface area contributed by atoms with E-state index in [0.717, 1.165) is 6.42 Å². The highest BCUT2D eigenvalue weighted by Gasteiger charge is 2.26. The Hall–Kier alpha value is -2.89. The Labute approximate surface area is 147 Å². The summed E-state index contributed by atoms with van der Waals surface area (Å²) in [6.45, 7) is 3.91. The van der Waals surface area contributed by atoms with Crippen molar-refractivity contribution in [3.63, 3.8) is 0 Å². The molecule has 0 unspecified atom stereocenters. The highest BCUT2D eigenvalue weighted by Crippen LogP contribution is 2.15. The SMILES string of the molecule is CC[C@H](C)[C@H](NC(=O)c1ccccc1)C(=O)Nc1ccc(OC)nc1. The van der Waals surface area contributed by atoms with E-state index in [1.165, 1.54) is 13.3 Å². The van der Waals surface area contributed by atoms with Crippen LogP contribution in [-0.2, 0) is 4.79 Å². The molecule has 0 bridgehead atoms. The molecule has 132 valence electrons. The fraction of sp³-hybridized carbons (Fsp3) is 0.316. The molecule has 1 aromatic heterocycles. The smallest absolute Gasteiger partial charge is 0.251 e. The number of carbonyl (C=O) groups is 2. The van der Waals surface area contributed by atoms with Crippen molar-refractivity contribution in [3.05, 3.63) is 54.2 Å². The van der Waals surface area contributed by atoms with Crippen LogP contribution in [0.15, 0.2) is 48.7 Å². The van der Waals surface area contributed by atoms with Gasteiger partial charge in [0.2, 0.25) is 11.8 Å². The number of nitrogens with zero attached hydrogens (tertiary/aromatic N) is 1. The van der Waals surface area contributed by atoms with Crippen molar-refractivity contribution in [1.82, 2.24) is 10.3 Å². The summed E-state index contributed by atoms with van der Waals surface area (Å²) in [6.07, 6.45) is 2.28. The van der Waals surface area contributed by atoms with Crippen LogP contribution in [0.5, 0.6) is 5.88 Å². The van der Waals surface area contributed by atoms with Gasteiger partial charge in [-0.1, -0.05) is 38.5 Å². The molecule has 25 heavy (non-hydrogen) atoms. The first-order chi connectivity index (χ1) is 12.0. The summed E-state index contributed by atoms with van der Waals surface area (Å²) >= 11 is 0. The number of nitrogens with one attached hydrogen (secondary N) is 2. The molecule has 2 aromatic rings. The first-order valence-corrected chi connectivity index (χ1v) is 8.22. The molecular formula is C19H23N3O3. The molecule has 0 radical (unpaired) electrons. The third-order valence-electron chi connectivity index (χ3n) is 4.03. The van der Waals surface area contributed by atoms with Crippen LogP contribution >= 0.6 is 0 Å². The number of pyridine rings is 1. The molecule has 0 saturated carbocycles. The van der Waals surface area contributed by atoms with Crippen molar-refractivity contribution in [3.8, 4) is 5.88 Å². The first kappa shape index (κ1) is 18.4. The van der Waals surface area contributed by atoms with Crippen LogP contribution in [0.25, 0.3) is 0 Å². The predicted octanol–water partition coefficient (Wildman–Crippen LogP) is 2.87. The third-order valence-corrected chi connectivity index (χ3v) is 4.03. The van der Waals surface area contributed by atoms with Crippen molar-refractivity contribution in [2.24, 2.45) is 5.92 Å². The van der Waals surface area contributed by atoms with Gasteiger partial charge in [-0.05, 0) is 24.1 Å². The van der Waals surface area contributed by atoms with Crippen LogP contribution in [0.3, 0.4) is 0 Å². The van der Waals surface area contributed by atoms with Crippen molar-refractivity contribution in [2.75, 3.05) is 12.4 Å². The minimum atomic E-state index is -0.639. The Kier molecular flexibility index (Phi) is 6.51. The van der Waals surface area contributed by atoms with Crippen LogP contribution in [0.4, 0.5) is 5.69 Å². The van der Waals surface area contributed by atoms with E-state index in [-0.39, 0.29) is 17.7 Å². The van der Waals surface area contributed by atoms with Gasteiger partial charge in [0.25, 0.3) is 5.91 Å². The van der Waals surface area contributed by atoms with Gasteiger partial charge in [-0.25, -0.2) is 4.98 Å². The topological polar surface area (TPSA) is 80.3 Å². The van der Waals surface area contributed by atoms with Gasteiger partial charge in [0, 0.05) is 11.6 Å². The van der Waals surface area contributed by atoms with Crippen LogP contribution in [-0.4, -0.2) is 29.9 Å². The van der Waals surface area contributed by atoms with Gasteiger partial charge >= 0.3 is 0 Å². The Morgan fingerprint density at radius 2 is 1.88 bits per heavy atom. The molecule has 0 aliphatic heterocycles. The van der Waals surface area contributed by atoms with Crippen molar-refractivity contribution in [2.45, 2.75) is 26.3 Å². The predicted molar refractivity (Wildman–Crippen MR) is 96.6 cm³/mol. The van der Waals surface area contributed by atoms with Crippen LogP contribution in [0.2, 0.25) is 0 Å². The molecule has 2 atom stereocenters. The number of methoxy groups -OCH3 is 1. The number of hydrogen-bond donors (Lipinski definition) is 2. The summed E-state index contributed by atoms with van der Waals surface area (Å²) in [6, 6.07) is 11.6. The Balaban J connectivity index is 2.10. The van der Waals surface area contributed by atoms with Crippen molar-refractivity contribution < 1.29 is 14.3 Å². The number of aromatic nitrogens is 1. The zero-order chi connectivity index (χ0) is 18.2. The number of carbonyl (C=O) groups excluding carboxylic acids is 2. The number of rotatable bonds is 7. The molecular weight excluding hydrogens is 318 g/mol. The van der Waals surface area contributed by atoms with Gasteiger partial charge in [0.15, 0.2) is 0 Å². The number of ether oxygens (including phenoxy) is 1. The highest BCUT2D eigenvalue weighted by molar-refractivity contribution is 6.01. The van der Waals surface area contributed by atoms with Gasteiger partial charge in [-0.3, -0.25) is 9.59 Å². The second-order valence-electron chi connectivity index (χ2n) is 5.78. The van der Waals surface area contributed by atoms with E-state index >= 15 is 0 Å². The molecule has 2 rings (SSSR count). The Morgan fingerprint density at radius 3 is 2.44 bits per heavy atom. The summed E-state index contributed by atoms with van der Waals surface area (Å²) < 4.78 is 5.00. The molecule has 0 fully saturated rings. The van der Waals surface area contributed by atoms with E-state index in [9.17, 15) is 9.59 Å². The standard InChI is InChI=1S/C19H23N3O3/c1-4-13(2)17(22-18(23)14-8-6-5-7-9-14)19(24)21-15-10-11-16(25-3)20-12-15/h5-13,17H,4H2,1-3H3,(H,21,24)(H,22,23)/t13-,17-/m0/s1. The zero-order valence-electron chi connectivity index (χ0n) is 14.7. The van der Waals surface area contributed by atoms with E-state index in [0.29, 0.717) is 17.1 Å². The molecule has 2 N–H and O–H groups in total. The van der Waals surface area contributed by atoms with E-state index in [1.54, 1.807) is 36.4 Å². The summed E-state index contributed by atoms with van der Waals surface area (Å²) in [5, 5.41) is 5.62. The minimum absolute atomic E-state index is 0.0149. The summed E-state index contributed by atoms with van der Waals surface area (Å²) in [5.41, 5.74) is 1.07. The maximum atomic E-state index is 12.6. The normalized spacial score (nSPS) is 12.8. The molecule has 0 aliphatic carbocycles. The maximum Gasteiger partial charge on any atom is 0.251 e. The molecule has 2 amide bonds. The lowest BCUT2D eigenvalue weighted by molar-refractivity contribution is -0.119. The molecule has 1 heterocycles.